The summed E-state index contributed by atoms with van der Waals surface area (Å²) in [5.74, 6) is 0.746. The molecule has 2 heterocycles. The van der Waals surface area contributed by atoms with E-state index >= 15 is 0 Å². The van der Waals surface area contributed by atoms with E-state index in [1.807, 2.05) is 64.1 Å². The molecule has 2 N–H and O–H groups in total. The van der Waals surface area contributed by atoms with Gasteiger partial charge in [-0.2, -0.15) is 0 Å². The van der Waals surface area contributed by atoms with Crippen LogP contribution in [0.4, 0.5) is 9.59 Å². The molecule has 2 aromatic carbocycles. The van der Waals surface area contributed by atoms with E-state index in [0.29, 0.717) is 6.42 Å². The Balaban J connectivity index is 1.82. The summed E-state index contributed by atoms with van der Waals surface area (Å²) in [5, 5.41) is 5.53. The maximum atomic E-state index is 12.4. The Labute approximate surface area is 211 Å². The highest BCUT2D eigenvalue weighted by atomic mass is 16.6. The van der Waals surface area contributed by atoms with Crippen molar-refractivity contribution >= 4 is 12.2 Å². The lowest BCUT2D eigenvalue weighted by atomic mass is 10.0. The first-order valence-electron chi connectivity index (χ1n) is 12.1. The number of amides is 2. The van der Waals surface area contributed by atoms with E-state index in [9.17, 15) is 9.59 Å². The summed E-state index contributed by atoms with van der Waals surface area (Å²) in [6.07, 6.45) is -0.306. The number of carbonyl (C=O) groups excluding carboxylic acids is 2. The Morgan fingerprint density at radius 3 is 2.03 bits per heavy atom. The first-order valence-corrected chi connectivity index (χ1v) is 12.1. The lowest BCUT2D eigenvalue weighted by Crippen LogP contribution is -2.31. The van der Waals surface area contributed by atoms with Crippen LogP contribution in [0.15, 0.2) is 48.5 Å². The van der Waals surface area contributed by atoms with Gasteiger partial charge in [0.05, 0.1) is 12.8 Å². The van der Waals surface area contributed by atoms with E-state index in [4.69, 9.17) is 14.2 Å². The smallest absolute Gasteiger partial charge is 0.407 e. The van der Waals surface area contributed by atoms with Crippen LogP contribution in [0, 0.1) is 0 Å². The maximum Gasteiger partial charge on any atom is 0.407 e. The van der Waals surface area contributed by atoms with Gasteiger partial charge in [0.2, 0.25) is 0 Å². The van der Waals surface area contributed by atoms with Crippen molar-refractivity contribution in [3.8, 4) is 22.7 Å². The molecule has 0 bridgehead atoms. The van der Waals surface area contributed by atoms with Crippen molar-refractivity contribution in [1.82, 2.24) is 15.2 Å². The lowest BCUT2D eigenvalue weighted by molar-refractivity contribution is 0.129. The molecule has 4 rings (SSSR count). The zero-order valence-corrected chi connectivity index (χ0v) is 21.4. The zero-order valence-electron chi connectivity index (χ0n) is 21.4. The fraction of sp³-hybridized carbons (Fsp3) is 0.357. The number of hydrogen-bond acceptors (Lipinski definition) is 5. The molecule has 0 aliphatic carbocycles. The first-order chi connectivity index (χ1) is 17.3. The quantitative estimate of drug-likeness (QED) is 0.348. The zero-order chi connectivity index (χ0) is 25.8. The second-order valence-electron chi connectivity index (χ2n) is 9.37. The van der Waals surface area contributed by atoms with Gasteiger partial charge in [0, 0.05) is 41.0 Å². The molecule has 1 aromatic heterocycles. The molecule has 1 aliphatic heterocycles. The molecular formula is C28H33N3O5. The van der Waals surface area contributed by atoms with E-state index in [-0.39, 0.29) is 25.3 Å². The van der Waals surface area contributed by atoms with E-state index in [1.165, 1.54) is 5.56 Å². The summed E-state index contributed by atoms with van der Waals surface area (Å²) >= 11 is 0. The molecule has 0 saturated carbocycles. The lowest BCUT2D eigenvalue weighted by Gasteiger charge is -2.15. The number of ether oxygens (including phenoxy) is 3. The highest BCUT2D eigenvalue weighted by molar-refractivity contribution is 5.75. The number of rotatable bonds is 8. The summed E-state index contributed by atoms with van der Waals surface area (Å²) in [4.78, 5) is 24.7. The molecule has 36 heavy (non-hydrogen) atoms. The van der Waals surface area contributed by atoms with Crippen molar-refractivity contribution in [2.24, 2.45) is 0 Å². The number of para-hydroxylation sites is 1. The number of nitrogens with one attached hydrogen (secondary N) is 2. The number of methoxy groups -OCH3 is 1. The van der Waals surface area contributed by atoms with Crippen LogP contribution in [0.25, 0.3) is 16.9 Å². The van der Waals surface area contributed by atoms with Gasteiger partial charge in [-0.05, 0) is 69.2 Å². The first kappa shape index (κ1) is 25.2. The van der Waals surface area contributed by atoms with Crippen LogP contribution in [0.2, 0.25) is 0 Å². The van der Waals surface area contributed by atoms with Crippen LogP contribution in [0.5, 0.6) is 5.75 Å². The molecular weight excluding hydrogens is 458 g/mol. The van der Waals surface area contributed by atoms with Gasteiger partial charge in [-0.15, -0.1) is 0 Å². The number of hydrogen-bond donors (Lipinski definition) is 2. The predicted molar refractivity (Wildman–Crippen MR) is 137 cm³/mol. The third kappa shape index (κ3) is 5.32. The fourth-order valence-corrected chi connectivity index (χ4v) is 4.44. The highest BCUT2D eigenvalue weighted by Crippen LogP contribution is 2.42. The minimum atomic E-state index is -0.498. The second-order valence-corrected chi connectivity index (χ2v) is 9.37. The molecule has 2 amide bonds. The predicted octanol–water partition coefficient (Wildman–Crippen LogP) is 5.33. The molecule has 1 aliphatic rings. The molecule has 0 radical (unpaired) electrons. The van der Waals surface area contributed by atoms with E-state index < -0.39 is 12.2 Å². The highest BCUT2D eigenvalue weighted by Gasteiger charge is 2.31. The Hall–Kier alpha value is -3.94. The Bertz CT molecular complexity index is 1240. The molecule has 0 unspecified atom stereocenters. The molecule has 0 atom stereocenters. The van der Waals surface area contributed by atoms with Crippen LogP contribution in [0.3, 0.4) is 0 Å². The summed E-state index contributed by atoms with van der Waals surface area (Å²) in [6.45, 7) is 7.60. The molecule has 0 spiro atoms. The van der Waals surface area contributed by atoms with E-state index in [1.54, 1.807) is 7.11 Å². The van der Waals surface area contributed by atoms with Crippen molar-refractivity contribution in [3.05, 3.63) is 70.9 Å². The third-order valence-corrected chi connectivity index (χ3v) is 5.95. The van der Waals surface area contributed by atoms with E-state index in [0.717, 1.165) is 39.5 Å². The topological polar surface area (TPSA) is 90.8 Å². The fourth-order valence-electron chi connectivity index (χ4n) is 4.44. The molecule has 8 nitrogen and oxygen atoms in total. The van der Waals surface area contributed by atoms with Gasteiger partial charge in [-0.25, -0.2) is 9.59 Å². The SMILES string of the molecule is COc1ccc(-c2c(COC(=O)NC(C)C)c(COC(=O)NC(C)C)c3n2-c2ccccc2C3)cc1. The van der Waals surface area contributed by atoms with Crippen LogP contribution in [0.1, 0.15) is 50.1 Å². The largest absolute Gasteiger partial charge is 0.497 e. The standard InChI is InChI=1S/C28H33N3O5/c1-17(2)29-27(32)35-15-22-23(16-36-28(33)30-18(3)4)26(19-10-12-21(34-5)13-11-19)31-24-9-7-6-8-20(24)14-25(22)31/h6-13,17-18H,14-16H2,1-5H3,(H,29,32)(H,30,33). The van der Waals surface area contributed by atoms with Crippen molar-refractivity contribution in [2.45, 2.75) is 59.4 Å². The number of aromatic nitrogens is 1. The summed E-state index contributed by atoms with van der Waals surface area (Å²) in [7, 11) is 1.63. The van der Waals surface area contributed by atoms with E-state index in [2.05, 4.69) is 27.3 Å². The van der Waals surface area contributed by atoms with Crippen molar-refractivity contribution in [2.75, 3.05) is 7.11 Å². The van der Waals surface area contributed by atoms with Gasteiger partial charge >= 0.3 is 12.2 Å². The van der Waals surface area contributed by atoms with Crippen LogP contribution < -0.4 is 15.4 Å². The van der Waals surface area contributed by atoms with Crippen molar-refractivity contribution in [3.63, 3.8) is 0 Å². The minimum absolute atomic E-state index is 0.0343. The molecule has 190 valence electrons. The number of nitrogens with zero attached hydrogens (tertiary/aromatic N) is 1. The average molecular weight is 492 g/mol. The Morgan fingerprint density at radius 1 is 0.861 bits per heavy atom. The van der Waals surface area contributed by atoms with Gasteiger partial charge in [-0.1, -0.05) is 18.2 Å². The van der Waals surface area contributed by atoms with Crippen LogP contribution in [-0.2, 0) is 29.1 Å². The van der Waals surface area contributed by atoms with Gasteiger partial charge < -0.3 is 29.4 Å². The third-order valence-electron chi connectivity index (χ3n) is 5.95. The Morgan fingerprint density at radius 2 is 1.44 bits per heavy atom. The van der Waals surface area contributed by atoms with Crippen LogP contribution in [-0.4, -0.2) is 35.9 Å². The number of benzene rings is 2. The number of carbonyl (C=O) groups is 2. The maximum absolute atomic E-state index is 12.4. The van der Waals surface area contributed by atoms with Crippen LogP contribution >= 0.6 is 0 Å². The monoisotopic (exact) mass is 491 g/mol. The molecule has 0 fully saturated rings. The normalized spacial score (nSPS) is 11.8. The van der Waals surface area contributed by atoms with Gasteiger partial charge in [0.1, 0.15) is 19.0 Å². The minimum Gasteiger partial charge on any atom is -0.497 e. The summed E-state index contributed by atoms with van der Waals surface area (Å²) < 4.78 is 18.8. The second kappa shape index (κ2) is 10.8. The molecule has 3 aromatic rings. The Kier molecular flexibility index (Phi) is 7.52. The van der Waals surface area contributed by atoms with Crippen molar-refractivity contribution in [1.29, 1.82) is 0 Å². The van der Waals surface area contributed by atoms with Gasteiger partial charge in [0.25, 0.3) is 0 Å². The summed E-state index contributed by atoms with van der Waals surface area (Å²) in [5.41, 5.74) is 6.74. The molecule has 0 saturated heterocycles. The molecule has 8 heteroatoms. The summed E-state index contributed by atoms with van der Waals surface area (Å²) in [6, 6.07) is 15.9. The average Bonchev–Trinajstić information content (AvgIpc) is 3.34. The number of alkyl carbamates (subject to hydrolysis) is 2. The number of fused-ring (bicyclic) bond motifs is 3. The van der Waals surface area contributed by atoms with Gasteiger partial charge in [0.15, 0.2) is 0 Å². The van der Waals surface area contributed by atoms with Crippen molar-refractivity contribution < 1.29 is 23.8 Å². The van der Waals surface area contributed by atoms with Gasteiger partial charge in [-0.3, -0.25) is 0 Å².